The van der Waals surface area contributed by atoms with Gasteiger partial charge in [-0.2, -0.15) is 0 Å². The summed E-state index contributed by atoms with van der Waals surface area (Å²) in [4.78, 5) is 1.17. The van der Waals surface area contributed by atoms with E-state index < -0.39 is 0 Å². The van der Waals surface area contributed by atoms with Gasteiger partial charge in [0.15, 0.2) is 0 Å². The summed E-state index contributed by atoms with van der Waals surface area (Å²) in [5.41, 5.74) is 1.23. The predicted molar refractivity (Wildman–Crippen MR) is 61.3 cm³/mol. The van der Waals surface area contributed by atoms with Crippen molar-refractivity contribution in [2.24, 2.45) is 0 Å². The molecule has 0 saturated carbocycles. The van der Waals surface area contributed by atoms with Crippen molar-refractivity contribution in [1.29, 1.82) is 0 Å². The average molecular weight is 212 g/mol. The van der Waals surface area contributed by atoms with Gasteiger partial charge in [0.1, 0.15) is 0 Å². The van der Waals surface area contributed by atoms with Crippen LogP contribution in [-0.4, -0.2) is 11.0 Å². The molecule has 0 spiro atoms. The number of thiocarbonyl (C=S) groups is 1. The first-order valence-corrected chi connectivity index (χ1v) is 5.36. The third-order valence-corrected chi connectivity index (χ3v) is 2.88. The molecule has 3 heteroatoms. The van der Waals surface area contributed by atoms with Gasteiger partial charge < -0.3 is 4.74 Å². The van der Waals surface area contributed by atoms with Crippen molar-refractivity contribution >= 4 is 28.4 Å². The van der Waals surface area contributed by atoms with Gasteiger partial charge in [0, 0.05) is 4.90 Å². The van der Waals surface area contributed by atoms with Crippen LogP contribution in [0.5, 0.6) is 0 Å². The Bertz CT molecular complexity index is 297. The molecule has 0 heterocycles. The molecule has 1 aromatic rings. The Kier molecular flexibility index (Phi) is 4.25. The van der Waals surface area contributed by atoms with Crippen molar-refractivity contribution in [1.82, 2.24) is 0 Å². The van der Waals surface area contributed by atoms with Crippen LogP contribution in [0.3, 0.4) is 0 Å². The zero-order valence-corrected chi connectivity index (χ0v) is 9.37. The third kappa shape index (κ3) is 3.36. The molecule has 0 saturated heterocycles. The summed E-state index contributed by atoms with van der Waals surface area (Å²) in [6, 6.07) is 8.13. The lowest BCUT2D eigenvalue weighted by molar-refractivity contribution is 0.346. The predicted octanol–water partition coefficient (Wildman–Crippen LogP) is 3.41. The topological polar surface area (TPSA) is 9.23 Å². The fourth-order valence-electron chi connectivity index (χ4n) is 0.908. The molecule has 1 rings (SSSR count). The molecule has 0 amide bonds. The fourth-order valence-corrected chi connectivity index (χ4v) is 2.03. The van der Waals surface area contributed by atoms with Gasteiger partial charge in [-0.05, 0) is 49.5 Å². The van der Waals surface area contributed by atoms with Crippen molar-refractivity contribution in [3.63, 3.8) is 0 Å². The molecule has 0 aliphatic rings. The highest BCUT2D eigenvalue weighted by Crippen LogP contribution is 2.23. The summed E-state index contributed by atoms with van der Waals surface area (Å²) >= 11 is 6.54. The van der Waals surface area contributed by atoms with Gasteiger partial charge in [0.25, 0.3) is 0 Å². The Morgan fingerprint density at radius 3 is 2.77 bits per heavy atom. The van der Waals surface area contributed by atoms with Gasteiger partial charge in [-0.1, -0.05) is 18.2 Å². The molecule has 0 atom stereocenters. The zero-order valence-electron chi connectivity index (χ0n) is 7.74. The molecule has 0 N–H and O–H groups in total. The lowest BCUT2D eigenvalue weighted by Crippen LogP contribution is -1.95. The first-order chi connectivity index (χ1) is 6.24. The van der Waals surface area contributed by atoms with E-state index in [2.05, 4.69) is 13.0 Å². The van der Waals surface area contributed by atoms with E-state index >= 15 is 0 Å². The molecule has 1 aromatic carbocycles. The number of ether oxygens (including phenoxy) is 1. The number of rotatable bonds is 2. The summed E-state index contributed by atoms with van der Waals surface area (Å²) in [5, 5.41) is 0. The van der Waals surface area contributed by atoms with Crippen molar-refractivity contribution in [3.05, 3.63) is 29.8 Å². The van der Waals surface area contributed by atoms with Crippen molar-refractivity contribution in [3.8, 4) is 0 Å². The van der Waals surface area contributed by atoms with E-state index in [1.807, 2.05) is 25.1 Å². The highest BCUT2D eigenvalue weighted by Gasteiger charge is 2.02. The summed E-state index contributed by atoms with van der Waals surface area (Å²) < 4.78 is 5.79. The van der Waals surface area contributed by atoms with Crippen LogP contribution in [0.25, 0.3) is 0 Å². The minimum Gasteiger partial charge on any atom is -0.479 e. The van der Waals surface area contributed by atoms with Crippen LogP contribution >= 0.6 is 24.0 Å². The highest BCUT2D eigenvalue weighted by molar-refractivity contribution is 8.22. The maximum absolute atomic E-state index is 5.20. The Labute approximate surface area is 88.5 Å². The molecule has 0 fully saturated rings. The van der Waals surface area contributed by atoms with E-state index in [1.165, 1.54) is 22.2 Å². The van der Waals surface area contributed by atoms with Crippen molar-refractivity contribution in [2.45, 2.75) is 18.7 Å². The van der Waals surface area contributed by atoms with Gasteiger partial charge in [-0.3, -0.25) is 0 Å². The molecular formula is C10H12OS2. The number of hydrogen-bond donors (Lipinski definition) is 0. The van der Waals surface area contributed by atoms with E-state index in [-0.39, 0.29) is 0 Å². The van der Waals surface area contributed by atoms with Crippen LogP contribution < -0.4 is 0 Å². The van der Waals surface area contributed by atoms with Gasteiger partial charge in [-0.15, -0.1) is 0 Å². The summed E-state index contributed by atoms with van der Waals surface area (Å²) in [7, 11) is 0. The second-order valence-corrected chi connectivity index (χ2v) is 4.19. The van der Waals surface area contributed by atoms with E-state index in [4.69, 9.17) is 17.0 Å². The van der Waals surface area contributed by atoms with Crippen LogP contribution in [0.15, 0.2) is 29.2 Å². The number of hydrogen-bond acceptors (Lipinski definition) is 3. The highest BCUT2D eigenvalue weighted by atomic mass is 32.2. The van der Waals surface area contributed by atoms with Crippen molar-refractivity contribution in [2.75, 3.05) is 6.61 Å². The lowest BCUT2D eigenvalue weighted by atomic mass is 10.2. The maximum atomic E-state index is 5.20. The number of thioether (sulfide) groups is 1. The molecular weight excluding hydrogens is 200 g/mol. The third-order valence-electron chi connectivity index (χ3n) is 1.55. The first-order valence-electron chi connectivity index (χ1n) is 4.14. The molecule has 0 aliphatic heterocycles. The summed E-state index contributed by atoms with van der Waals surface area (Å²) in [6.07, 6.45) is 0. The minimum absolute atomic E-state index is 0.594. The van der Waals surface area contributed by atoms with E-state index in [1.54, 1.807) is 0 Å². The fraction of sp³-hybridized carbons (Fsp3) is 0.300. The zero-order chi connectivity index (χ0) is 9.68. The molecule has 1 nitrogen and oxygen atoms in total. The SMILES string of the molecule is CCOC(=S)Sc1ccccc1C. The van der Waals surface area contributed by atoms with Crippen LogP contribution in [0, 0.1) is 6.92 Å². The summed E-state index contributed by atoms with van der Waals surface area (Å²) in [6.45, 7) is 4.64. The molecule has 0 radical (unpaired) electrons. The standard InChI is InChI=1S/C10H12OS2/c1-3-11-10(12)13-9-7-5-4-6-8(9)2/h4-7H,3H2,1-2H3. The van der Waals surface area contributed by atoms with Crippen molar-refractivity contribution < 1.29 is 4.74 Å². The van der Waals surface area contributed by atoms with Gasteiger partial charge in [0.05, 0.1) is 6.61 Å². The summed E-state index contributed by atoms with van der Waals surface area (Å²) in [5.74, 6) is 0. The minimum atomic E-state index is 0.594. The molecule has 70 valence electrons. The lowest BCUT2D eigenvalue weighted by Gasteiger charge is -2.05. The molecule has 0 bridgehead atoms. The monoisotopic (exact) mass is 212 g/mol. The molecule has 13 heavy (non-hydrogen) atoms. The average Bonchev–Trinajstić information content (AvgIpc) is 2.09. The van der Waals surface area contributed by atoms with Gasteiger partial charge in [-0.25, -0.2) is 0 Å². The van der Waals surface area contributed by atoms with E-state index in [0.717, 1.165) is 0 Å². The van der Waals surface area contributed by atoms with E-state index in [9.17, 15) is 0 Å². The smallest absolute Gasteiger partial charge is 0.224 e. The quantitative estimate of drug-likeness (QED) is 0.549. The molecule has 0 aliphatic carbocycles. The second-order valence-electron chi connectivity index (χ2n) is 2.55. The van der Waals surface area contributed by atoms with Gasteiger partial charge in [0.2, 0.25) is 4.38 Å². The Balaban J connectivity index is 2.63. The van der Waals surface area contributed by atoms with Gasteiger partial charge >= 0.3 is 0 Å². The van der Waals surface area contributed by atoms with Crippen LogP contribution in [0.2, 0.25) is 0 Å². The largest absolute Gasteiger partial charge is 0.479 e. The van der Waals surface area contributed by atoms with Crippen LogP contribution in [-0.2, 0) is 4.74 Å². The Hall–Kier alpha value is -0.540. The first kappa shape index (κ1) is 10.5. The number of benzene rings is 1. The van der Waals surface area contributed by atoms with Crippen LogP contribution in [0.4, 0.5) is 0 Å². The van der Waals surface area contributed by atoms with Crippen LogP contribution in [0.1, 0.15) is 12.5 Å². The Morgan fingerprint density at radius 1 is 1.46 bits per heavy atom. The Morgan fingerprint density at radius 2 is 2.15 bits per heavy atom. The van der Waals surface area contributed by atoms with E-state index in [0.29, 0.717) is 11.0 Å². The molecule has 0 unspecified atom stereocenters. The second kappa shape index (κ2) is 5.25. The maximum Gasteiger partial charge on any atom is 0.224 e. The number of aryl methyl sites for hydroxylation is 1. The normalized spacial score (nSPS) is 9.69. The molecule has 0 aromatic heterocycles.